The van der Waals surface area contributed by atoms with Crippen molar-refractivity contribution in [1.29, 1.82) is 0 Å². The Morgan fingerprint density at radius 1 is 0.788 bits per heavy atom. The van der Waals surface area contributed by atoms with Crippen LogP contribution in [0.15, 0.2) is 71.8 Å². The van der Waals surface area contributed by atoms with Gasteiger partial charge in [0.1, 0.15) is 36.6 Å². The van der Waals surface area contributed by atoms with E-state index in [1.54, 1.807) is 83.1 Å². The SMILES string of the molecule is CC(=O)OCC(COC(C)=O)OC(=O)CCCSSCCCC(=O)O[C@@H](C(O)O[C@H]1C[C@@]2(O)[C@@H](OC(=O)c3ccccc3)[C@@H]3[C@]4(OC(C)=O)CO[C@@H]4C[C@H](O)[C@@]3(C)C(=O)[C@H](OC(C)=O)C(=C1C)C2(C)C)[C@@H](NC(=O)OC(C)(C)C)c1ccccc1. The molecule has 3 fully saturated rings. The van der Waals surface area contributed by atoms with Crippen molar-refractivity contribution in [2.45, 2.75) is 187 Å². The first-order valence-corrected chi connectivity index (χ1v) is 30.5. The third-order valence-corrected chi connectivity index (χ3v) is 18.3. The first-order chi connectivity index (χ1) is 39.9. The van der Waals surface area contributed by atoms with Gasteiger partial charge in [0.05, 0.1) is 41.8 Å². The van der Waals surface area contributed by atoms with E-state index in [9.17, 15) is 53.7 Å². The molecule has 2 bridgehead atoms. The number of aliphatic hydroxyl groups is 3. The Kier molecular flexibility index (Phi) is 22.9. The lowest BCUT2D eigenvalue weighted by Crippen LogP contribution is -2.82. The van der Waals surface area contributed by atoms with Gasteiger partial charge in [0.15, 0.2) is 36.0 Å². The highest BCUT2D eigenvalue weighted by molar-refractivity contribution is 8.76. The summed E-state index contributed by atoms with van der Waals surface area (Å²) in [6, 6.07) is 14.6. The molecule has 25 heteroatoms. The van der Waals surface area contributed by atoms with Gasteiger partial charge in [-0.2, -0.15) is 0 Å². The summed E-state index contributed by atoms with van der Waals surface area (Å²) in [5, 5.41) is 41.7. The summed E-state index contributed by atoms with van der Waals surface area (Å²) in [7, 11) is 2.84. The molecular formula is C60H79NO22S2. The Labute approximate surface area is 501 Å². The van der Waals surface area contributed by atoms with Crippen molar-refractivity contribution >= 4 is 75.2 Å². The largest absolute Gasteiger partial charge is 0.462 e. The molecule has 0 spiro atoms. The normalized spacial score (nSPS) is 26.9. The molecule has 6 rings (SSSR count). The zero-order valence-electron chi connectivity index (χ0n) is 49.7. The van der Waals surface area contributed by atoms with Crippen molar-refractivity contribution in [3.63, 3.8) is 0 Å². The minimum Gasteiger partial charge on any atom is -0.462 e. The average molecular weight is 1230 g/mol. The van der Waals surface area contributed by atoms with Gasteiger partial charge in [-0.05, 0) is 76.3 Å². The second kappa shape index (κ2) is 28.6. The molecule has 2 saturated carbocycles. The number of aliphatic hydroxyl groups excluding tert-OH is 2. The van der Waals surface area contributed by atoms with Crippen molar-refractivity contribution in [3.8, 4) is 0 Å². The second-order valence-electron chi connectivity index (χ2n) is 23.3. The number of amides is 1. The molecule has 4 aliphatic rings. The van der Waals surface area contributed by atoms with E-state index in [-0.39, 0.29) is 62.2 Å². The predicted molar refractivity (Wildman–Crippen MR) is 305 cm³/mol. The Balaban J connectivity index is 1.33. The predicted octanol–water partition coefficient (Wildman–Crippen LogP) is 6.15. The van der Waals surface area contributed by atoms with Crippen LogP contribution in [0.5, 0.6) is 0 Å². The van der Waals surface area contributed by atoms with Gasteiger partial charge < -0.3 is 68.0 Å². The van der Waals surface area contributed by atoms with Crippen LogP contribution >= 0.6 is 21.6 Å². The molecule has 2 aromatic rings. The van der Waals surface area contributed by atoms with Gasteiger partial charge >= 0.3 is 47.9 Å². The number of carbonyl (C=O) groups excluding carboxylic acids is 9. The molecule has 1 saturated heterocycles. The standard InChI is InChI=1S/C60H79NO22S2/c1-33-41(29-60(73)52(81-53(70)39-22-16-13-17-23-39)50-58(11,42(66)28-43-59(50,32-76-43)82-37(5)65)51(69)48(77-36(4)64)46(33)57(60,9)10)79-54(71)49(47(38-20-14-12-15-21-38)61-55(72)83-56(6,7)8)80-45(68)25-19-27-85-84-26-18-24-44(67)78-40(30-74-34(2)62)31-75-35(3)63/h12-17,20-23,40-43,47-50,52,54,66,71,73H,18-19,24-32H2,1-11H3,(H,61,72)/t41-,42-,43+,47-,48+,49+,50-,52-,54?,58+,59-,60+/m0/s1. The van der Waals surface area contributed by atoms with Crippen LogP contribution in [0.25, 0.3) is 0 Å². The van der Waals surface area contributed by atoms with Gasteiger partial charge in [-0.3, -0.25) is 33.6 Å². The molecular weight excluding hydrogens is 1150 g/mol. The fraction of sp³-hybridized carbons (Fsp3) is 0.617. The van der Waals surface area contributed by atoms with Gasteiger partial charge in [0.2, 0.25) is 0 Å². The van der Waals surface area contributed by atoms with Crippen molar-refractivity contribution in [2.75, 3.05) is 31.3 Å². The number of hydrogen-bond donors (Lipinski definition) is 4. The van der Waals surface area contributed by atoms with E-state index in [2.05, 4.69) is 5.32 Å². The van der Waals surface area contributed by atoms with Crippen LogP contribution < -0.4 is 5.32 Å². The monoisotopic (exact) mass is 1230 g/mol. The van der Waals surface area contributed by atoms with Crippen molar-refractivity contribution in [1.82, 2.24) is 5.32 Å². The number of fused-ring (bicyclic) bond motifs is 5. The molecule has 3 aliphatic carbocycles. The summed E-state index contributed by atoms with van der Waals surface area (Å²) in [5.74, 6) is -6.90. The Morgan fingerprint density at radius 2 is 1.35 bits per heavy atom. The lowest BCUT2D eigenvalue weighted by atomic mass is 9.44. The number of carbonyl (C=O) groups is 9. The number of nitrogens with one attached hydrogen (secondary N) is 1. The third kappa shape index (κ3) is 16.1. The van der Waals surface area contributed by atoms with Crippen LogP contribution in [-0.2, 0) is 80.9 Å². The molecule has 1 unspecified atom stereocenters. The quantitative estimate of drug-likeness (QED) is 0.0216. The van der Waals surface area contributed by atoms with Crippen molar-refractivity contribution in [2.24, 2.45) is 16.7 Å². The summed E-state index contributed by atoms with van der Waals surface area (Å²) in [4.78, 5) is 120. The molecule has 12 atom stereocenters. The molecule has 4 N–H and O–H groups in total. The van der Waals surface area contributed by atoms with E-state index in [0.717, 1.165) is 13.8 Å². The molecule has 1 heterocycles. The fourth-order valence-electron chi connectivity index (χ4n) is 11.7. The maximum atomic E-state index is 15.8. The zero-order valence-corrected chi connectivity index (χ0v) is 51.4. The zero-order chi connectivity index (χ0) is 62.8. The molecule has 85 heavy (non-hydrogen) atoms. The molecule has 468 valence electrons. The van der Waals surface area contributed by atoms with Crippen LogP contribution in [0.3, 0.4) is 0 Å². The number of hydrogen-bond acceptors (Lipinski definition) is 24. The van der Waals surface area contributed by atoms with Gasteiger partial charge in [-0.1, -0.05) is 84.0 Å². The van der Waals surface area contributed by atoms with Crippen LogP contribution in [-0.4, -0.2) is 166 Å². The van der Waals surface area contributed by atoms with E-state index >= 15 is 4.79 Å². The number of benzene rings is 2. The summed E-state index contributed by atoms with van der Waals surface area (Å²) >= 11 is 0. The van der Waals surface area contributed by atoms with Crippen molar-refractivity contribution < 1.29 is 106 Å². The van der Waals surface area contributed by atoms with E-state index < -0.39 is 149 Å². The summed E-state index contributed by atoms with van der Waals surface area (Å²) < 4.78 is 58.1. The minimum absolute atomic E-state index is 0.0146. The van der Waals surface area contributed by atoms with Gasteiger partial charge in [-0.25, -0.2) is 9.59 Å². The minimum atomic E-state index is -2.47. The molecule has 0 aromatic heterocycles. The highest BCUT2D eigenvalue weighted by Gasteiger charge is 2.78. The van der Waals surface area contributed by atoms with Crippen molar-refractivity contribution in [3.05, 3.63) is 82.9 Å². The summed E-state index contributed by atoms with van der Waals surface area (Å²) in [5.41, 5.74) is -8.68. The van der Waals surface area contributed by atoms with Crippen LogP contribution in [0.4, 0.5) is 4.79 Å². The van der Waals surface area contributed by atoms with Crippen LogP contribution in [0.1, 0.15) is 137 Å². The number of ketones is 1. The van der Waals surface area contributed by atoms with Gasteiger partial charge in [0, 0.05) is 70.3 Å². The lowest BCUT2D eigenvalue weighted by Gasteiger charge is -2.67. The molecule has 1 amide bonds. The lowest BCUT2D eigenvalue weighted by molar-refractivity contribution is -0.346. The average Bonchev–Trinajstić information content (AvgIpc) is 0.899. The van der Waals surface area contributed by atoms with E-state index in [1.807, 2.05) is 0 Å². The number of ether oxygens (including phenoxy) is 10. The maximum Gasteiger partial charge on any atom is 0.408 e. The Morgan fingerprint density at radius 3 is 1.87 bits per heavy atom. The third-order valence-electron chi connectivity index (χ3n) is 15.7. The smallest absolute Gasteiger partial charge is 0.408 e. The Bertz CT molecular complexity index is 2770. The topological polar surface area (TPSA) is 319 Å². The van der Waals surface area contributed by atoms with Crippen LogP contribution in [0, 0.1) is 16.7 Å². The highest BCUT2D eigenvalue weighted by atomic mass is 33.1. The van der Waals surface area contributed by atoms with E-state index in [4.69, 9.17) is 47.4 Å². The molecule has 1 aliphatic heterocycles. The fourth-order valence-corrected chi connectivity index (χ4v) is 13.9. The Hall–Kier alpha value is -6.09. The number of alkyl carbamates (subject to hydrolysis) is 1. The number of Topliss-reactive ketones (excluding diaryl/α,β-unsaturated/α-hetero) is 1. The highest BCUT2D eigenvalue weighted by Crippen LogP contribution is 2.64. The maximum absolute atomic E-state index is 15.8. The number of esters is 7. The number of rotatable bonds is 25. The molecule has 0 radical (unpaired) electrons. The first-order valence-electron chi connectivity index (χ1n) is 28.0. The van der Waals surface area contributed by atoms with Gasteiger partial charge in [0.25, 0.3) is 0 Å². The van der Waals surface area contributed by atoms with E-state index in [1.165, 1.54) is 61.4 Å². The van der Waals surface area contributed by atoms with E-state index in [0.29, 0.717) is 23.5 Å². The summed E-state index contributed by atoms with van der Waals surface area (Å²) in [6.07, 6.45) is -14.3. The molecule has 2 aromatic carbocycles. The first kappa shape index (κ1) is 68.0. The molecule has 23 nitrogen and oxygen atoms in total. The second-order valence-corrected chi connectivity index (χ2v) is 26.0. The van der Waals surface area contributed by atoms with Crippen LogP contribution in [0.2, 0.25) is 0 Å². The van der Waals surface area contributed by atoms with Gasteiger partial charge in [-0.15, -0.1) is 0 Å². The summed E-state index contributed by atoms with van der Waals surface area (Å²) in [6.45, 7) is 14.6.